The monoisotopic (exact) mass is 243 g/mol. The van der Waals surface area contributed by atoms with Crippen LogP contribution in [-0.2, 0) is 13.0 Å². The van der Waals surface area contributed by atoms with Crippen LogP contribution in [0.2, 0.25) is 5.02 Å². The van der Waals surface area contributed by atoms with Crippen LogP contribution in [0.3, 0.4) is 0 Å². The highest BCUT2D eigenvalue weighted by Gasteiger charge is 2.18. The molecule has 0 aromatic heterocycles. The third-order valence-electron chi connectivity index (χ3n) is 3.30. The number of fused-ring (bicyclic) bond motifs is 1. The molecule has 0 radical (unpaired) electrons. The lowest BCUT2D eigenvalue weighted by atomic mass is 10.1. The molecule has 0 unspecified atom stereocenters. The number of para-hydroxylation sites is 1. The molecule has 0 spiro atoms. The molecule has 0 N–H and O–H groups in total. The minimum atomic E-state index is 0.858. The van der Waals surface area contributed by atoms with Gasteiger partial charge in [0.1, 0.15) is 0 Å². The largest absolute Gasteiger partial charge is 0.367 e. The van der Waals surface area contributed by atoms with Crippen molar-refractivity contribution in [2.24, 2.45) is 0 Å². The van der Waals surface area contributed by atoms with E-state index < -0.39 is 0 Å². The first kappa shape index (κ1) is 10.7. The SMILES string of the molecule is Clc1ccccc1CN1CCc2ccccc21. The number of anilines is 1. The predicted octanol–water partition coefficient (Wildman–Crippen LogP) is 3.90. The molecule has 0 amide bonds. The van der Waals surface area contributed by atoms with E-state index in [-0.39, 0.29) is 0 Å². The molecule has 86 valence electrons. The molecule has 17 heavy (non-hydrogen) atoms. The third kappa shape index (κ3) is 2.03. The molecule has 2 aromatic carbocycles. The number of rotatable bonds is 2. The first-order valence-electron chi connectivity index (χ1n) is 5.91. The molecule has 1 heterocycles. The van der Waals surface area contributed by atoms with E-state index in [2.05, 4.69) is 35.2 Å². The van der Waals surface area contributed by atoms with Gasteiger partial charge in [-0.3, -0.25) is 0 Å². The molecule has 1 aliphatic rings. The fraction of sp³-hybridized carbons (Fsp3) is 0.200. The maximum Gasteiger partial charge on any atom is 0.0455 e. The van der Waals surface area contributed by atoms with Gasteiger partial charge in [-0.1, -0.05) is 48.0 Å². The summed E-state index contributed by atoms with van der Waals surface area (Å²) in [4.78, 5) is 2.40. The molecule has 0 bridgehead atoms. The van der Waals surface area contributed by atoms with Crippen molar-refractivity contribution in [2.45, 2.75) is 13.0 Å². The number of hydrogen-bond acceptors (Lipinski definition) is 1. The van der Waals surface area contributed by atoms with Gasteiger partial charge in [-0.15, -0.1) is 0 Å². The summed E-state index contributed by atoms with van der Waals surface area (Å²) in [6, 6.07) is 16.7. The van der Waals surface area contributed by atoms with Crippen LogP contribution in [0.4, 0.5) is 5.69 Å². The van der Waals surface area contributed by atoms with Crippen LogP contribution < -0.4 is 4.90 Å². The lowest BCUT2D eigenvalue weighted by Gasteiger charge is -2.20. The Balaban J connectivity index is 1.87. The van der Waals surface area contributed by atoms with Crippen LogP contribution in [0.15, 0.2) is 48.5 Å². The Morgan fingerprint density at radius 3 is 2.65 bits per heavy atom. The Labute approximate surface area is 107 Å². The Hall–Kier alpha value is -1.47. The van der Waals surface area contributed by atoms with Crippen LogP contribution in [0.25, 0.3) is 0 Å². The summed E-state index contributed by atoms with van der Waals surface area (Å²) in [6.07, 6.45) is 1.14. The van der Waals surface area contributed by atoms with Gasteiger partial charge in [-0.05, 0) is 29.7 Å². The van der Waals surface area contributed by atoms with Gasteiger partial charge in [0.2, 0.25) is 0 Å². The van der Waals surface area contributed by atoms with Crippen LogP contribution >= 0.6 is 11.6 Å². The summed E-state index contributed by atoms with van der Waals surface area (Å²) >= 11 is 6.20. The van der Waals surface area contributed by atoms with Gasteiger partial charge in [0.05, 0.1) is 0 Å². The van der Waals surface area contributed by atoms with Crippen molar-refractivity contribution in [3.63, 3.8) is 0 Å². The fourth-order valence-corrected chi connectivity index (χ4v) is 2.60. The molecule has 3 rings (SSSR count). The first-order chi connectivity index (χ1) is 8.34. The molecule has 2 heteroatoms. The lowest BCUT2D eigenvalue weighted by molar-refractivity contribution is 0.836. The molecular weight excluding hydrogens is 230 g/mol. The normalized spacial score (nSPS) is 13.8. The van der Waals surface area contributed by atoms with Gasteiger partial charge in [-0.2, -0.15) is 0 Å². The average Bonchev–Trinajstić information content (AvgIpc) is 2.76. The van der Waals surface area contributed by atoms with Crippen molar-refractivity contribution in [1.29, 1.82) is 0 Å². The second kappa shape index (κ2) is 4.42. The van der Waals surface area contributed by atoms with E-state index in [0.29, 0.717) is 0 Å². The zero-order chi connectivity index (χ0) is 11.7. The fourth-order valence-electron chi connectivity index (χ4n) is 2.40. The van der Waals surface area contributed by atoms with E-state index in [4.69, 9.17) is 11.6 Å². The second-order valence-electron chi connectivity index (χ2n) is 4.39. The summed E-state index contributed by atoms with van der Waals surface area (Å²) in [5.74, 6) is 0. The van der Waals surface area contributed by atoms with E-state index in [0.717, 1.165) is 24.5 Å². The highest BCUT2D eigenvalue weighted by atomic mass is 35.5. The van der Waals surface area contributed by atoms with Gasteiger partial charge in [0, 0.05) is 23.8 Å². The summed E-state index contributed by atoms with van der Waals surface area (Å²) in [6.45, 7) is 1.99. The zero-order valence-corrected chi connectivity index (χ0v) is 10.3. The number of benzene rings is 2. The molecular formula is C15H14ClN. The Bertz CT molecular complexity index is 536. The minimum absolute atomic E-state index is 0.858. The van der Waals surface area contributed by atoms with Crippen molar-refractivity contribution in [1.82, 2.24) is 0 Å². The van der Waals surface area contributed by atoms with Crippen molar-refractivity contribution < 1.29 is 0 Å². The summed E-state index contributed by atoms with van der Waals surface area (Å²) in [5.41, 5.74) is 4.00. The molecule has 0 atom stereocenters. The Morgan fingerprint density at radius 2 is 1.76 bits per heavy atom. The highest BCUT2D eigenvalue weighted by molar-refractivity contribution is 6.31. The molecule has 0 saturated carbocycles. The molecule has 0 fully saturated rings. The third-order valence-corrected chi connectivity index (χ3v) is 3.67. The van der Waals surface area contributed by atoms with E-state index in [1.54, 1.807) is 0 Å². The van der Waals surface area contributed by atoms with Gasteiger partial charge < -0.3 is 4.90 Å². The number of halogens is 1. The maximum absolute atomic E-state index is 6.20. The summed E-state index contributed by atoms with van der Waals surface area (Å²) < 4.78 is 0. The van der Waals surface area contributed by atoms with Crippen molar-refractivity contribution in [3.8, 4) is 0 Å². The topological polar surface area (TPSA) is 3.24 Å². The lowest BCUT2D eigenvalue weighted by Crippen LogP contribution is -2.19. The van der Waals surface area contributed by atoms with E-state index >= 15 is 0 Å². The average molecular weight is 244 g/mol. The van der Waals surface area contributed by atoms with Crippen molar-refractivity contribution in [2.75, 3.05) is 11.4 Å². The van der Waals surface area contributed by atoms with Crippen molar-refractivity contribution >= 4 is 17.3 Å². The summed E-state index contributed by atoms with van der Waals surface area (Å²) in [7, 11) is 0. The Morgan fingerprint density at radius 1 is 1.00 bits per heavy atom. The van der Waals surface area contributed by atoms with Crippen molar-refractivity contribution in [3.05, 3.63) is 64.7 Å². The quantitative estimate of drug-likeness (QED) is 0.773. The molecule has 1 aliphatic heterocycles. The number of nitrogens with zero attached hydrogens (tertiary/aromatic N) is 1. The molecule has 0 saturated heterocycles. The van der Waals surface area contributed by atoms with Crippen LogP contribution in [0.1, 0.15) is 11.1 Å². The maximum atomic E-state index is 6.20. The van der Waals surface area contributed by atoms with Crippen LogP contribution in [-0.4, -0.2) is 6.54 Å². The van der Waals surface area contributed by atoms with Gasteiger partial charge in [0.25, 0.3) is 0 Å². The van der Waals surface area contributed by atoms with Crippen LogP contribution in [0.5, 0.6) is 0 Å². The van der Waals surface area contributed by atoms with E-state index in [1.165, 1.54) is 16.8 Å². The van der Waals surface area contributed by atoms with Gasteiger partial charge >= 0.3 is 0 Å². The Kier molecular flexibility index (Phi) is 2.77. The summed E-state index contributed by atoms with van der Waals surface area (Å²) in [5, 5.41) is 0.858. The van der Waals surface area contributed by atoms with Gasteiger partial charge in [0.15, 0.2) is 0 Å². The van der Waals surface area contributed by atoms with E-state index in [9.17, 15) is 0 Å². The number of hydrogen-bond donors (Lipinski definition) is 0. The van der Waals surface area contributed by atoms with E-state index in [1.807, 2.05) is 18.2 Å². The second-order valence-corrected chi connectivity index (χ2v) is 4.80. The first-order valence-corrected chi connectivity index (χ1v) is 6.28. The minimum Gasteiger partial charge on any atom is -0.367 e. The molecule has 0 aliphatic carbocycles. The molecule has 2 aromatic rings. The zero-order valence-electron chi connectivity index (χ0n) is 9.57. The smallest absolute Gasteiger partial charge is 0.0455 e. The van der Waals surface area contributed by atoms with Gasteiger partial charge in [-0.25, -0.2) is 0 Å². The predicted molar refractivity (Wildman–Crippen MR) is 72.6 cm³/mol. The molecule has 1 nitrogen and oxygen atoms in total. The van der Waals surface area contributed by atoms with Crippen LogP contribution in [0, 0.1) is 0 Å². The highest BCUT2D eigenvalue weighted by Crippen LogP contribution is 2.30. The standard InChI is InChI=1S/C15H14ClN/c16-14-7-3-1-6-13(14)11-17-10-9-12-5-2-4-8-15(12)17/h1-8H,9-11H2.